The van der Waals surface area contributed by atoms with Crippen molar-refractivity contribution in [2.75, 3.05) is 11.9 Å². The smallest absolute Gasteiger partial charge is 0.308 e. The first-order valence-electron chi connectivity index (χ1n) is 5.00. The zero-order valence-corrected chi connectivity index (χ0v) is 9.68. The van der Waals surface area contributed by atoms with Crippen LogP contribution in [0.1, 0.15) is 32.6 Å². The van der Waals surface area contributed by atoms with Crippen LogP contribution in [0.2, 0.25) is 0 Å². The highest BCUT2D eigenvalue weighted by Crippen LogP contribution is 2.30. The van der Waals surface area contributed by atoms with Crippen molar-refractivity contribution < 1.29 is 9.53 Å². The Kier molecular flexibility index (Phi) is 4.78. The molecule has 0 aromatic rings. The maximum Gasteiger partial charge on any atom is 0.308 e. The third-order valence-corrected chi connectivity index (χ3v) is 3.54. The predicted octanol–water partition coefficient (Wildman–Crippen LogP) is 2.75. The average molecular weight is 249 g/mol. The van der Waals surface area contributed by atoms with Gasteiger partial charge in [-0.15, -0.1) is 0 Å². The highest BCUT2D eigenvalue weighted by atomic mass is 79.9. The molecule has 0 aromatic carbocycles. The lowest BCUT2D eigenvalue weighted by Gasteiger charge is -2.26. The minimum atomic E-state index is 0.00755. The van der Waals surface area contributed by atoms with Crippen LogP contribution in [-0.2, 0) is 9.53 Å². The highest BCUT2D eigenvalue weighted by Gasteiger charge is 2.27. The van der Waals surface area contributed by atoms with Crippen LogP contribution in [0.15, 0.2) is 0 Å². The number of hydrogen-bond donors (Lipinski definition) is 0. The van der Waals surface area contributed by atoms with Crippen molar-refractivity contribution in [3.63, 3.8) is 0 Å². The molecule has 0 amide bonds. The third kappa shape index (κ3) is 3.29. The lowest BCUT2D eigenvalue weighted by Crippen LogP contribution is -2.25. The Morgan fingerprint density at radius 2 is 2.31 bits per heavy atom. The second-order valence-corrected chi connectivity index (χ2v) is 4.28. The maximum absolute atomic E-state index is 11.4. The van der Waals surface area contributed by atoms with E-state index in [1.807, 2.05) is 6.92 Å². The fourth-order valence-corrected chi connectivity index (χ4v) is 2.49. The Hall–Kier alpha value is -0.0500. The first kappa shape index (κ1) is 11.0. The molecule has 0 heterocycles. The average Bonchev–Trinajstić information content (AvgIpc) is 2.18. The monoisotopic (exact) mass is 248 g/mol. The summed E-state index contributed by atoms with van der Waals surface area (Å²) >= 11 is 3.47. The van der Waals surface area contributed by atoms with Crippen LogP contribution in [0.25, 0.3) is 0 Å². The second kappa shape index (κ2) is 5.63. The number of ether oxygens (including phenoxy) is 1. The summed E-state index contributed by atoms with van der Waals surface area (Å²) in [5.74, 6) is 0.840. The number of esters is 1. The van der Waals surface area contributed by atoms with Crippen LogP contribution in [-0.4, -0.2) is 17.9 Å². The van der Waals surface area contributed by atoms with Gasteiger partial charge < -0.3 is 4.74 Å². The number of carbonyl (C=O) groups is 1. The van der Waals surface area contributed by atoms with Crippen LogP contribution in [0, 0.1) is 11.8 Å². The van der Waals surface area contributed by atoms with Gasteiger partial charge in [0, 0.05) is 5.33 Å². The molecule has 1 saturated carbocycles. The summed E-state index contributed by atoms with van der Waals surface area (Å²) in [6, 6.07) is 0. The van der Waals surface area contributed by atoms with Crippen LogP contribution < -0.4 is 0 Å². The minimum Gasteiger partial charge on any atom is -0.466 e. The number of carbonyl (C=O) groups excluding carboxylic acids is 1. The SMILES string of the molecule is CCOC(=O)[C@@H]1CCC[C@@H](CBr)C1. The Morgan fingerprint density at radius 3 is 2.92 bits per heavy atom. The van der Waals surface area contributed by atoms with Crippen LogP contribution in [0.4, 0.5) is 0 Å². The van der Waals surface area contributed by atoms with Crippen molar-refractivity contribution in [1.29, 1.82) is 0 Å². The molecule has 0 N–H and O–H groups in total. The van der Waals surface area contributed by atoms with Crippen LogP contribution in [0.3, 0.4) is 0 Å². The fourth-order valence-electron chi connectivity index (χ4n) is 1.91. The predicted molar refractivity (Wildman–Crippen MR) is 55.9 cm³/mol. The van der Waals surface area contributed by atoms with Gasteiger partial charge in [0.05, 0.1) is 12.5 Å². The Bertz CT molecular complexity index is 170. The summed E-state index contributed by atoms with van der Waals surface area (Å²) in [7, 11) is 0. The van der Waals surface area contributed by atoms with E-state index in [9.17, 15) is 4.79 Å². The molecule has 0 spiro atoms. The van der Waals surface area contributed by atoms with Crippen LogP contribution >= 0.6 is 15.9 Å². The molecular weight excluding hydrogens is 232 g/mol. The molecule has 0 unspecified atom stereocenters. The summed E-state index contributed by atoms with van der Waals surface area (Å²) < 4.78 is 5.02. The molecule has 0 aromatic heterocycles. The first-order valence-corrected chi connectivity index (χ1v) is 6.12. The summed E-state index contributed by atoms with van der Waals surface area (Å²) in [6.07, 6.45) is 4.44. The largest absolute Gasteiger partial charge is 0.466 e. The van der Waals surface area contributed by atoms with Crippen molar-refractivity contribution in [2.24, 2.45) is 11.8 Å². The van der Waals surface area contributed by atoms with E-state index < -0.39 is 0 Å². The van der Waals surface area contributed by atoms with Gasteiger partial charge >= 0.3 is 5.97 Å². The minimum absolute atomic E-state index is 0.00755. The molecule has 3 heteroatoms. The highest BCUT2D eigenvalue weighted by molar-refractivity contribution is 9.09. The van der Waals surface area contributed by atoms with Crippen molar-refractivity contribution in [2.45, 2.75) is 32.6 Å². The lowest BCUT2D eigenvalue weighted by molar-refractivity contribution is -0.149. The van der Waals surface area contributed by atoms with Gasteiger partial charge in [-0.25, -0.2) is 0 Å². The lowest BCUT2D eigenvalue weighted by atomic mass is 9.82. The van der Waals surface area contributed by atoms with E-state index in [2.05, 4.69) is 15.9 Å². The Labute approximate surface area is 88.2 Å². The van der Waals surface area contributed by atoms with Gasteiger partial charge in [-0.05, 0) is 32.1 Å². The zero-order valence-electron chi connectivity index (χ0n) is 8.09. The van der Waals surface area contributed by atoms with E-state index in [4.69, 9.17) is 4.74 Å². The van der Waals surface area contributed by atoms with Gasteiger partial charge in [-0.1, -0.05) is 22.4 Å². The topological polar surface area (TPSA) is 26.3 Å². The van der Waals surface area contributed by atoms with E-state index in [0.29, 0.717) is 12.5 Å². The standard InChI is InChI=1S/C10H17BrO2/c1-2-13-10(12)9-5-3-4-8(6-9)7-11/h8-9H,2-7H2,1H3/t8-,9-/m1/s1. The molecule has 2 nitrogen and oxygen atoms in total. The number of rotatable bonds is 3. The first-order chi connectivity index (χ1) is 6.27. The van der Waals surface area contributed by atoms with Gasteiger partial charge in [0.1, 0.15) is 0 Å². The molecule has 0 saturated heterocycles. The molecular formula is C10H17BrO2. The summed E-state index contributed by atoms with van der Waals surface area (Å²) in [5.41, 5.74) is 0. The van der Waals surface area contributed by atoms with E-state index in [0.717, 1.165) is 18.2 Å². The molecule has 1 rings (SSSR count). The van der Waals surface area contributed by atoms with Crippen molar-refractivity contribution in [3.05, 3.63) is 0 Å². The van der Waals surface area contributed by atoms with Crippen molar-refractivity contribution in [1.82, 2.24) is 0 Å². The van der Waals surface area contributed by atoms with E-state index in [1.54, 1.807) is 0 Å². The van der Waals surface area contributed by atoms with Gasteiger partial charge in [0.15, 0.2) is 0 Å². The number of halogens is 1. The number of hydrogen-bond acceptors (Lipinski definition) is 2. The zero-order chi connectivity index (χ0) is 9.68. The summed E-state index contributed by atoms with van der Waals surface area (Å²) in [4.78, 5) is 11.4. The van der Waals surface area contributed by atoms with Crippen molar-refractivity contribution >= 4 is 21.9 Å². The molecule has 0 bridgehead atoms. The Balaban J connectivity index is 2.37. The molecule has 76 valence electrons. The molecule has 0 radical (unpaired) electrons. The summed E-state index contributed by atoms with van der Waals surface area (Å²) in [5, 5.41) is 1.02. The summed E-state index contributed by atoms with van der Waals surface area (Å²) in [6.45, 7) is 2.37. The maximum atomic E-state index is 11.4. The second-order valence-electron chi connectivity index (χ2n) is 3.64. The normalized spacial score (nSPS) is 28.5. The van der Waals surface area contributed by atoms with Gasteiger partial charge in [0.2, 0.25) is 0 Å². The Morgan fingerprint density at radius 1 is 1.54 bits per heavy atom. The third-order valence-electron chi connectivity index (χ3n) is 2.62. The molecule has 2 atom stereocenters. The quantitative estimate of drug-likeness (QED) is 0.567. The molecule has 1 aliphatic rings. The van der Waals surface area contributed by atoms with E-state index in [-0.39, 0.29) is 11.9 Å². The van der Waals surface area contributed by atoms with E-state index in [1.165, 1.54) is 12.8 Å². The van der Waals surface area contributed by atoms with Crippen LogP contribution in [0.5, 0.6) is 0 Å². The van der Waals surface area contributed by atoms with Gasteiger partial charge in [0.25, 0.3) is 0 Å². The molecule has 13 heavy (non-hydrogen) atoms. The molecule has 1 fully saturated rings. The van der Waals surface area contributed by atoms with E-state index >= 15 is 0 Å². The number of alkyl halides is 1. The molecule has 1 aliphatic carbocycles. The van der Waals surface area contributed by atoms with Gasteiger partial charge in [-0.3, -0.25) is 4.79 Å². The molecule has 0 aliphatic heterocycles. The van der Waals surface area contributed by atoms with Gasteiger partial charge in [-0.2, -0.15) is 0 Å². The van der Waals surface area contributed by atoms with Crippen molar-refractivity contribution in [3.8, 4) is 0 Å². The fraction of sp³-hybridized carbons (Fsp3) is 0.900.